The Balaban J connectivity index is 2.03. The summed E-state index contributed by atoms with van der Waals surface area (Å²) in [5, 5.41) is 0. The molecule has 0 unspecified atom stereocenters. The fourth-order valence-corrected chi connectivity index (χ4v) is 2.84. The average molecular weight is 182 g/mol. The van der Waals surface area contributed by atoms with E-state index in [9.17, 15) is 0 Å². The number of rotatable bonds is 0. The van der Waals surface area contributed by atoms with Gasteiger partial charge in [-0.05, 0) is 31.1 Å². The summed E-state index contributed by atoms with van der Waals surface area (Å²) in [6.45, 7) is 2.18. The summed E-state index contributed by atoms with van der Waals surface area (Å²) < 4.78 is 2.15. The van der Waals surface area contributed by atoms with E-state index in [0.717, 1.165) is 24.9 Å². The fourth-order valence-electron chi connectivity index (χ4n) is 2.84. The molecule has 2 aliphatic rings. The summed E-state index contributed by atoms with van der Waals surface area (Å²) in [6, 6.07) is 0. The highest BCUT2D eigenvalue weighted by molar-refractivity contribution is 5.70. The molecule has 0 aromatic rings. The first-order chi connectivity index (χ1) is 6.27. The van der Waals surface area contributed by atoms with Crippen LogP contribution in [0.4, 0.5) is 0 Å². The molecular weight excluding hydrogens is 162 g/mol. The van der Waals surface area contributed by atoms with E-state index in [2.05, 4.69) is 4.58 Å². The molecule has 1 aliphatic heterocycles. The number of guanidine groups is 1. The maximum Gasteiger partial charge on any atom is 0.341 e. The van der Waals surface area contributed by atoms with Crippen LogP contribution in [0.2, 0.25) is 0 Å². The maximum absolute atomic E-state index is 5.61. The fraction of sp³-hybridized carbons (Fsp3) is 0.900. The SMILES string of the molecule is NC(N)=[N+]1CC[C@H]2CCCC[C@@H]2C1. The molecule has 1 heterocycles. The van der Waals surface area contributed by atoms with Gasteiger partial charge >= 0.3 is 5.96 Å². The van der Waals surface area contributed by atoms with Crippen molar-refractivity contribution in [2.24, 2.45) is 23.3 Å². The molecule has 3 nitrogen and oxygen atoms in total. The van der Waals surface area contributed by atoms with E-state index in [1.807, 2.05) is 0 Å². The molecule has 1 aliphatic carbocycles. The monoisotopic (exact) mass is 182 g/mol. The summed E-state index contributed by atoms with van der Waals surface area (Å²) in [5.41, 5.74) is 11.2. The predicted octanol–water partition coefficient (Wildman–Crippen LogP) is 0.482. The van der Waals surface area contributed by atoms with Crippen molar-refractivity contribution in [1.82, 2.24) is 0 Å². The van der Waals surface area contributed by atoms with E-state index >= 15 is 0 Å². The zero-order valence-electron chi connectivity index (χ0n) is 8.21. The van der Waals surface area contributed by atoms with Crippen LogP contribution in [0.1, 0.15) is 32.1 Å². The first-order valence-electron chi connectivity index (χ1n) is 5.40. The number of nitrogens with zero attached hydrogens (tertiary/aromatic N) is 1. The molecule has 3 heteroatoms. The van der Waals surface area contributed by atoms with Crippen molar-refractivity contribution in [3.63, 3.8) is 0 Å². The van der Waals surface area contributed by atoms with Crippen LogP contribution in [0.3, 0.4) is 0 Å². The molecule has 13 heavy (non-hydrogen) atoms. The Hall–Kier alpha value is -0.730. The maximum atomic E-state index is 5.61. The predicted molar refractivity (Wildman–Crippen MR) is 53.4 cm³/mol. The van der Waals surface area contributed by atoms with Gasteiger partial charge in [0.05, 0.1) is 13.1 Å². The lowest BCUT2D eigenvalue weighted by Gasteiger charge is -2.35. The van der Waals surface area contributed by atoms with Crippen LogP contribution in [0.25, 0.3) is 0 Å². The first-order valence-corrected chi connectivity index (χ1v) is 5.40. The average Bonchev–Trinajstić information content (AvgIpc) is 2.17. The van der Waals surface area contributed by atoms with Crippen LogP contribution in [0, 0.1) is 11.8 Å². The molecule has 2 atom stereocenters. The van der Waals surface area contributed by atoms with Crippen molar-refractivity contribution in [3.8, 4) is 0 Å². The Bertz CT molecular complexity index is 218. The molecule has 4 N–H and O–H groups in total. The van der Waals surface area contributed by atoms with Crippen molar-refractivity contribution in [1.29, 1.82) is 0 Å². The zero-order chi connectivity index (χ0) is 9.26. The Morgan fingerprint density at radius 2 is 1.69 bits per heavy atom. The summed E-state index contributed by atoms with van der Waals surface area (Å²) in [6.07, 6.45) is 6.95. The van der Waals surface area contributed by atoms with Crippen LogP contribution < -0.4 is 11.5 Å². The van der Waals surface area contributed by atoms with E-state index in [4.69, 9.17) is 11.5 Å². The number of nitrogens with two attached hydrogens (primary N) is 2. The molecule has 0 aromatic carbocycles. The molecule has 0 aromatic heterocycles. The Kier molecular flexibility index (Phi) is 2.42. The van der Waals surface area contributed by atoms with Crippen molar-refractivity contribution < 1.29 is 4.58 Å². The third-order valence-corrected chi connectivity index (χ3v) is 3.66. The van der Waals surface area contributed by atoms with Crippen molar-refractivity contribution in [2.75, 3.05) is 13.1 Å². The molecule has 2 fully saturated rings. The quantitative estimate of drug-likeness (QED) is 0.423. The highest BCUT2D eigenvalue weighted by Gasteiger charge is 2.31. The van der Waals surface area contributed by atoms with Crippen LogP contribution in [0.15, 0.2) is 0 Å². The summed E-state index contributed by atoms with van der Waals surface area (Å²) in [4.78, 5) is 0. The van der Waals surface area contributed by atoms with Gasteiger partial charge in [-0.2, -0.15) is 0 Å². The highest BCUT2D eigenvalue weighted by atomic mass is 15.1. The lowest BCUT2D eigenvalue weighted by Crippen LogP contribution is -2.44. The highest BCUT2D eigenvalue weighted by Crippen LogP contribution is 2.34. The van der Waals surface area contributed by atoms with Crippen LogP contribution in [-0.4, -0.2) is 23.6 Å². The van der Waals surface area contributed by atoms with Gasteiger partial charge in [-0.3, -0.25) is 16.0 Å². The molecule has 0 amide bonds. The standard InChI is InChI=1S/C10H19N3/c11-10(12)13-6-5-8-3-1-2-4-9(8)7-13/h8-9H,1-7H2,(H3,11,12)/p+1/t8-,9-/m1/s1. The summed E-state index contributed by atoms with van der Waals surface area (Å²) in [5.74, 6) is 2.35. The van der Waals surface area contributed by atoms with Crippen LogP contribution >= 0.6 is 0 Å². The van der Waals surface area contributed by atoms with Gasteiger partial charge < -0.3 is 0 Å². The van der Waals surface area contributed by atoms with E-state index in [1.165, 1.54) is 32.1 Å². The van der Waals surface area contributed by atoms with E-state index in [-0.39, 0.29) is 0 Å². The summed E-state index contributed by atoms with van der Waals surface area (Å²) in [7, 11) is 0. The Morgan fingerprint density at radius 3 is 2.38 bits per heavy atom. The minimum atomic E-state index is 0.518. The van der Waals surface area contributed by atoms with Gasteiger partial charge in [0.2, 0.25) is 0 Å². The second kappa shape index (κ2) is 3.56. The van der Waals surface area contributed by atoms with Gasteiger partial charge in [0.25, 0.3) is 0 Å². The number of hydrogen-bond donors (Lipinski definition) is 2. The van der Waals surface area contributed by atoms with E-state index in [1.54, 1.807) is 0 Å². The topological polar surface area (TPSA) is 55.0 Å². The first kappa shape index (κ1) is 8.85. The lowest BCUT2D eigenvalue weighted by molar-refractivity contribution is -0.552. The number of hydrogen-bond acceptors (Lipinski definition) is 0. The van der Waals surface area contributed by atoms with Gasteiger partial charge in [-0.15, -0.1) is 0 Å². The van der Waals surface area contributed by atoms with Gasteiger partial charge in [-0.1, -0.05) is 12.8 Å². The lowest BCUT2D eigenvalue weighted by atomic mass is 9.75. The second-order valence-electron chi connectivity index (χ2n) is 4.46. The third kappa shape index (κ3) is 1.79. The molecule has 2 rings (SSSR count). The molecule has 0 bridgehead atoms. The van der Waals surface area contributed by atoms with Crippen molar-refractivity contribution in [2.45, 2.75) is 32.1 Å². The van der Waals surface area contributed by atoms with Crippen molar-refractivity contribution >= 4 is 5.96 Å². The Labute approximate surface area is 79.8 Å². The second-order valence-corrected chi connectivity index (χ2v) is 4.46. The van der Waals surface area contributed by atoms with Gasteiger partial charge in [0.15, 0.2) is 0 Å². The zero-order valence-corrected chi connectivity index (χ0v) is 8.21. The largest absolute Gasteiger partial charge is 0.341 e. The van der Waals surface area contributed by atoms with Gasteiger partial charge in [0, 0.05) is 0 Å². The molecule has 1 saturated heterocycles. The molecule has 74 valence electrons. The van der Waals surface area contributed by atoms with Crippen LogP contribution in [-0.2, 0) is 0 Å². The molecule has 0 spiro atoms. The number of piperidine rings is 1. The summed E-state index contributed by atoms with van der Waals surface area (Å²) >= 11 is 0. The van der Waals surface area contributed by atoms with E-state index < -0.39 is 0 Å². The smallest absolute Gasteiger partial charge is 0.291 e. The minimum absolute atomic E-state index is 0.518. The molecule has 0 radical (unpaired) electrons. The van der Waals surface area contributed by atoms with Crippen LogP contribution in [0.5, 0.6) is 0 Å². The third-order valence-electron chi connectivity index (χ3n) is 3.66. The van der Waals surface area contributed by atoms with Gasteiger partial charge in [0.1, 0.15) is 0 Å². The Morgan fingerprint density at radius 1 is 1.00 bits per heavy atom. The normalized spacial score (nSPS) is 34.0. The molecule has 1 saturated carbocycles. The molecular formula is C10H20N3+. The minimum Gasteiger partial charge on any atom is -0.291 e. The number of fused-ring (bicyclic) bond motifs is 1. The van der Waals surface area contributed by atoms with E-state index in [0.29, 0.717) is 5.96 Å². The van der Waals surface area contributed by atoms with Crippen molar-refractivity contribution in [3.05, 3.63) is 0 Å². The van der Waals surface area contributed by atoms with Gasteiger partial charge in [-0.25, -0.2) is 0 Å².